The van der Waals surface area contributed by atoms with Crippen LogP contribution >= 0.6 is 0 Å². The number of hydrogen-bond donors (Lipinski definition) is 5. The number of benzene rings is 2. The Kier molecular flexibility index (Phi) is 11.6. The summed E-state index contributed by atoms with van der Waals surface area (Å²) in [5, 5.41) is 22.3. The topological polar surface area (TPSA) is 158 Å². The molecule has 0 aliphatic heterocycles. The number of hydrogen-bond acceptors (Lipinski definition) is 8. The molecule has 1 aliphatic rings. The van der Waals surface area contributed by atoms with Gasteiger partial charge in [0.15, 0.2) is 11.6 Å². The van der Waals surface area contributed by atoms with Crippen molar-refractivity contribution < 1.29 is 28.6 Å². The van der Waals surface area contributed by atoms with Crippen LogP contribution in [-0.2, 0) is 16.8 Å². The molecule has 2 heterocycles. The molecule has 0 radical (unpaired) electrons. The number of alkyl carbamates (subject to hydrolysis) is 1. The summed E-state index contributed by atoms with van der Waals surface area (Å²) in [5.74, 6) is -1.45. The zero-order valence-corrected chi connectivity index (χ0v) is 30.1. The SMILES string of the molecule is CC(C)(C)OC(=O)N[C@H]1CCCC[C@H]1Nc1nc(Nc2cncc(N(Cc3ccccc3)C(=O)O)c2)c(C(=O)NC(C)(C)c2ccccc2)cc1F. The highest BCUT2D eigenvalue weighted by molar-refractivity contribution is 6.00. The Morgan fingerprint density at radius 3 is 2.21 bits per heavy atom. The summed E-state index contributed by atoms with van der Waals surface area (Å²) in [5.41, 5.74) is 0.625. The molecular weight excluding hydrogens is 665 g/mol. The van der Waals surface area contributed by atoms with E-state index < -0.39 is 35.1 Å². The van der Waals surface area contributed by atoms with Gasteiger partial charge in [-0.3, -0.25) is 14.7 Å². The average Bonchev–Trinajstić information content (AvgIpc) is 3.09. The average molecular weight is 712 g/mol. The Morgan fingerprint density at radius 1 is 0.904 bits per heavy atom. The molecule has 2 atom stereocenters. The first-order chi connectivity index (χ1) is 24.7. The molecule has 4 aromatic rings. The fourth-order valence-electron chi connectivity index (χ4n) is 6.06. The third-order valence-corrected chi connectivity index (χ3v) is 8.64. The number of nitrogens with zero attached hydrogens (tertiary/aromatic N) is 3. The Morgan fingerprint density at radius 2 is 1.56 bits per heavy atom. The van der Waals surface area contributed by atoms with E-state index in [0.29, 0.717) is 18.5 Å². The van der Waals surface area contributed by atoms with Crippen LogP contribution in [0.2, 0.25) is 0 Å². The maximum atomic E-state index is 16.0. The normalized spacial score (nSPS) is 16.0. The van der Waals surface area contributed by atoms with Gasteiger partial charge in [0.25, 0.3) is 5.91 Å². The summed E-state index contributed by atoms with van der Waals surface area (Å²) in [6.07, 6.45) is 4.15. The first-order valence-electron chi connectivity index (χ1n) is 17.3. The lowest BCUT2D eigenvalue weighted by molar-refractivity contribution is 0.0488. The lowest BCUT2D eigenvalue weighted by atomic mass is 9.90. The van der Waals surface area contributed by atoms with Crippen LogP contribution in [-0.4, -0.2) is 50.9 Å². The fraction of sp³-hybridized carbons (Fsp3) is 0.359. The number of carbonyl (C=O) groups is 3. The molecule has 12 nitrogen and oxygen atoms in total. The maximum Gasteiger partial charge on any atom is 0.412 e. The van der Waals surface area contributed by atoms with Gasteiger partial charge in [-0.2, -0.15) is 0 Å². The number of nitrogens with one attached hydrogen (secondary N) is 4. The van der Waals surface area contributed by atoms with Gasteiger partial charge in [0.05, 0.1) is 47.5 Å². The van der Waals surface area contributed by atoms with E-state index in [1.54, 1.807) is 26.8 Å². The van der Waals surface area contributed by atoms with Crippen molar-refractivity contribution >= 4 is 41.1 Å². The predicted molar refractivity (Wildman–Crippen MR) is 198 cm³/mol. The van der Waals surface area contributed by atoms with Crippen molar-refractivity contribution in [3.05, 3.63) is 108 Å². The van der Waals surface area contributed by atoms with E-state index in [9.17, 15) is 19.5 Å². The van der Waals surface area contributed by atoms with Gasteiger partial charge in [0.2, 0.25) is 0 Å². The highest BCUT2D eigenvalue weighted by atomic mass is 19.1. The minimum Gasteiger partial charge on any atom is -0.465 e. The zero-order valence-electron chi connectivity index (χ0n) is 30.1. The monoisotopic (exact) mass is 711 g/mol. The Labute approximate surface area is 303 Å². The summed E-state index contributed by atoms with van der Waals surface area (Å²) >= 11 is 0. The van der Waals surface area contributed by atoms with E-state index in [-0.39, 0.29) is 41.5 Å². The van der Waals surface area contributed by atoms with Crippen molar-refractivity contribution in [3.63, 3.8) is 0 Å². The molecule has 0 saturated heterocycles. The summed E-state index contributed by atoms with van der Waals surface area (Å²) in [6, 6.07) is 20.5. The van der Waals surface area contributed by atoms with Gasteiger partial charge in [-0.15, -0.1) is 0 Å². The van der Waals surface area contributed by atoms with E-state index in [1.807, 2.05) is 74.5 Å². The highest BCUT2D eigenvalue weighted by Gasteiger charge is 2.31. The van der Waals surface area contributed by atoms with Crippen LogP contribution in [0.25, 0.3) is 0 Å². The van der Waals surface area contributed by atoms with E-state index in [4.69, 9.17) is 4.74 Å². The smallest absolute Gasteiger partial charge is 0.412 e. The quantitative estimate of drug-likeness (QED) is 0.104. The first-order valence-corrected chi connectivity index (χ1v) is 17.3. The van der Waals surface area contributed by atoms with Crippen LogP contribution in [0.3, 0.4) is 0 Å². The lowest BCUT2D eigenvalue weighted by Gasteiger charge is -2.34. The predicted octanol–water partition coefficient (Wildman–Crippen LogP) is 7.96. The largest absolute Gasteiger partial charge is 0.465 e. The molecule has 52 heavy (non-hydrogen) atoms. The van der Waals surface area contributed by atoms with E-state index in [1.165, 1.54) is 12.4 Å². The second-order valence-corrected chi connectivity index (χ2v) is 14.4. The van der Waals surface area contributed by atoms with Crippen LogP contribution in [0.15, 0.2) is 85.2 Å². The number of aromatic nitrogens is 2. The number of ether oxygens (including phenoxy) is 1. The molecule has 1 saturated carbocycles. The van der Waals surface area contributed by atoms with Crippen LogP contribution in [0, 0.1) is 5.82 Å². The second-order valence-electron chi connectivity index (χ2n) is 14.4. The first kappa shape index (κ1) is 37.5. The van der Waals surface area contributed by atoms with Gasteiger partial charge in [0, 0.05) is 6.04 Å². The van der Waals surface area contributed by atoms with Gasteiger partial charge in [0.1, 0.15) is 11.4 Å². The van der Waals surface area contributed by atoms with Gasteiger partial charge >= 0.3 is 12.2 Å². The Balaban J connectivity index is 1.48. The molecule has 0 unspecified atom stereocenters. The molecule has 3 amide bonds. The molecule has 0 spiro atoms. The summed E-state index contributed by atoms with van der Waals surface area (Å²) < 4.78 is 21.5. The molecule has 13 heteroatoms. The van der Waals surface area contributed by atoms with Gasteiger partial charge in [-0.05, 0) is 70.7 Å². The maximum absolute atomic E-state index is 16.0. The van der Waals surface area contributed by atoms with Crippen LogP contribution in [0.1, 0.15) is 81.8 Å². The van der Waals surface area contributed by atoms with Crippen molar-refractivity contribution in [2.24, 2.45) is 0 Å². The van der Waals surface area contributed by atoms with Gasteiger partial charge in [-0.1, -0.05) is 73.5 Å². The number of rotatable bonds is 11. The number of amides is 3. The molecule has 5 rings (SSSR count). The number of carbonyl (C=O) groups excluding carboxylic acids is 2. The fourth-order valence-corrected chi connectivity index (χ4v) is 6.06. The van der Waals surface area contributed by atoms with Crippen molar-refractivity contribution in [2.75, 3.05) is 15.5 Å². The Bertz CT molecular complexity index is 1870. The minimum absolute atomic E-state index is 0.0154. The second kappa shape index (κ2) is 16.1. The summed E-state index contributed by atoms with van der Waals surface area (Å²) in [6.45, 7) is 9.10. The molecule has 2 aromatic carbocycles. The molecule has 1 fully saturated rings. The Hall–Kier alpha value is -5.72. The molecular formula is C39H46FN7O5. The molecule has 1 aliphatic carbocycles. The number of anilines is 4. The van der Waals surface area contributed by atoms with E-state index >= 15 is 4.39 Å². The zero-order chi connectivity index (χ0) is 37.5. The van der Waals surface area contributed by atoms with Crippen molar-refractivity contribution in [1.29, 1.82) is 0 Å². The van der Waals surface area contributed by atoms with Crippen LogP contribution in [0.4, 0.5) is 37.0 Å². The number of carboxylic acid groups (broad SMARTS) is 1. The third-order valence-electron chi connectivity index (χ3n) is 8.64. The molecule has 2 aromatic heterocycles. The highest BCUT2D eigenvalue weighted by Crippen LogP contribution is 2.30. The van der Waals surface area contributed by atoms with Gasteiger partial charge < -0.3 is 31.1 Å². The van der Waals surface area contributed by atoms with Crippen molar-refractivity contribution in [3.8, 4) is 0 Å². The molecule has 0 bridgehead atoms. The number of pyridine rings is 2. The molecule has 274 valence electrons. The van der Waals surface area contributed by atoms with Crippen molar-refractivity contribution in [2.45, 2.75) is 90.1 Å². The van der Waals surface area contributed by atoms with Gasteiger partial charge in [-0.25, -0.2) is 19.0 Å². The van der Waals surface area contributed by atoms with E-state index in [0.717, 1.165) is 34.9 Å². The molecule has 5 N–H and O–H groups in total. The summed E-state index contributed by atoms with van der Waals surface area (Å²) in [4.78, 5) is 48.9. The minimum atomic E-state index is -1.18. The lowest BCUT2D eigenvalue weighted by Crippen LogP contribution is -2.50. The third kappa shape index (κ3) is 9.95. The van der Waals surface area contributed by atoms with Crippen LogP contribution in [0.5, 0.6) is 0 Å². The summed E-state index contributed by atoms with van der Waals surface area (Å²) in [7, 11) is 0. The standard InChI is InChI=1S/C39H46FN7O5/c1-38(2,3)52-36(49)44-32-19-13-12-18-31(32)43-34-30(40)21-29(35(48)46-39(4,5)26-16-10-7-11-17-26)33(45-34)42-27-20-28(23-41-22-27)47(37(50)51)24-25-14-8-6-9-15-25/h6-11,14-17,20-23,31-32H,12-13,18-19,24H2,1-5H3,(H,44,49)(H,46,48)(H,50,51)(H2,42,43,45)/t31-,32+/m1/s1. The number of halogens is 1. The van der Waals surface area contributed by atoms with Crippen molar-refractivity contribution in [1.82, 2.24) is 20.6 Å². The van der Waals surface area contributed by atoms with E-state index in [2.05, 4.69) is 31.2 Å². The van der Waals surface area contributed by atoms with Crippen LogP contribution < -0.4 is 26.2 Å².